The summed E-state index contributed by atoms with van der Waals surface area (Å²) in [6, 6.07) is 9.66. The Labute approximate surface area is 163 Å². The average molecular weight is 402 g/mol. The number of aromatic amines is 1. The molecule has 0 radical (unpaired) electrons. The highest BCUT2D eigenvalue weighted by Gasteiger charge is 2.15. The van der Waals surface area contributed by atoms with Gasteiger partial charge in [0.1, 0.15) is 5.56 Å². The quantitative estimate of drug-likeness (QED) is 0.612. The van der Waals surface area contributed by atoms with Gasteiger partial charge in [-0.3, -0.25) is 19.0 Å². The Morgan fingerprint density at radius 3 is 2.68 bits per heavy atom. The van der Waals surface area contributed by atoms with E-state index >= 15 is 0 Å². The van der Waals surface area contributed by atoms with Crippen molar-refractivity contribution >= 4 is 17.5 Å². The van der Waals surface area contributed by atoms with E-state index in [1.807, 2.05) is 0 Å². The molecule has 1 amide bonds. The van der Waals surface area contributed by atoms with Gasteiger partial charge in [-0.15, -0.1) is 0 Å². The third-order valence-electron chi connectivity index (χ3n) is 3.99. The van der Waals surface area contributed by atoms with Gasteiger partial charge < -0.3 is 10.3 Å². The zero-order valence-electron chi connectivity index (χ0n) is 14.6. The van der Waals surface area contributed by atoms with E-state index in [-0.39, 0.29) is 30.8 Å². The molecule has 0 atom stereocenters. The summed E-state index contributed by atoms with van der Waals surface area (Å²) in [6.07, 6.45) is 2.52. The SMILES string of the molecule is O=C(NCCn1ncccc1=O)c1c[nH]c(=O)n(Cc2ccccc2Cl)c1=O. The van der Waals surface area contributed by atoms with Crippen LogP contribution in [-0.4, -0.2) is 31.8 Å². The van der Waals surface area contributed by atoms with E-state index in [9.17, 15) is 19.2 Å². The largest absolute Gasteiger partial charge is 0.350 e. The van der Waals surface area contributed by atoms with E-state index < -0.39 is 17.2 Å². The van der Waals surface area contributed by atoms with E-state index in [4.69, 9.17) is 11.6 Å². The minimum Gasteiger partial charge on any atom is -0.350 e. The van der Waals surface area contributed by atoms with Gasteiger partial charge in [-0.2, -0.15) is 5.10 Å². The van der Waals surface area contributed by atoms with Crippen LogP contribution in [-0.2, 0) is 13.1 Å². The molecule has 3 rings (SSSR count). The van der Waals surface area contributed by atoms with Crippen molar-refractivity contribution in [3.63, 3.8) is 0 Å². The molecule has 0 aliphatic heterocycles. The number of nitrogens with one attached hydrogen (secondary N) is 2. The Hall–Kier alpha value is -3.46. The first-order valence-electron chi connectivity index (χ1n) is 8.33. The molecule has 0 unspecified atom stereocenters. The van der Waals surface area contributed by atoms with E-state index in [1.165, 1.54) is 23.0 Å². The van der Waals surface area contributed by atoms with Gasteiger partial charge in [-0.1, -0.05) is 29.8 Å². The van der Waals surface area contributed by atoms with Crippen LogP contribution in [0, 0.1) is 0 Å². The predicted molar refractivity (Wildman–Crippen MR) is 103 cm³/mol. The number of halogens is 1. The lowest BCUT2D eigenvalue weighted by Gasteiger charge is -2.09. The molecular formula is C18H16ClN5O4. The van der Waals surface area contributed by atoms with Crippen LogP contribution >= 0.6 is 11.6 Å². The topological polar surface area (TPSA) is 119 Å². The van der Waals surface area contributed by atoms with Crippen LogP contribution in [0.25, 0.3) is 0 Å². The van der Waals surface area contributed by atoms with Gasteiger partial charge in [0.25, 0.3) is 17.0 Å². The van der Waals surface area contributed by atoms with Crippen molar-refractivity contribution in [2.24, 2.45) is 0 Å². The fourth-order valence-electron chi connectivity index (χ4n) is 2.54. The molecule has 28 heavy (non-hydrogen) atoms. The highest BCUT2D eigenvalue weighted by molar-refractivity contribution is 6.31. The van der Waals surface area contributed by atoms with Gasteiger partial charge in [0.15, 0.2) is 0 Å². The average Bonchev–Trinajstić information content (AvgIpc) is 2.68. The number of amides is 1. The number of hydrogen-bond acceptors (Lipinski definition) is 5. The number of H-pyrrole nitrogens is 1. The molecule has 3 aromatic rings. The summed E-state index contributed by atoms with van der Waals surface area (Å²) >= 11 is 6.08. The van der Waals surface area contributed by atoms with Crippen molar-refractivity contribution < 1.29 is 4.79 Å². The summed E-state index contributed by atoms with van der Waals surface area (Å²) in [5.74, 6) is -0.668. The van der Waals surface area contributed by atoms with Crippen LogP contribution in [0.15, 0.2) is 63.2 Å². The number of rotatable bonds is 6. The maximum Gasteiger partial charge on any atom is 0.328 e. The number of benzene rings is 1. The second-order valence-corrected chi connectivity index (χ2v) is 6.24. The minimum absolute atomic E-state index is 0.0711. The summed E-state index contributed by atoms with van der Waals surface area (Å²) in [5.41, 5.74) is -1.34. The van der Waals surface area contributed by atoms with Crippen molar-refractivity contribution in [2.75, 3.05) is 6.54 Å². The third-order valence-corrected chi connectivity index (χ3v) is 4.35. The second-order valence-electron chi connectivity index (χ2n) is 5.83. The molecule has 10 heteroatoms. The molecule has 0 aliphatic carbocycles. The van der Waals surface area contributed by atoms with Gasteiger partial charge in [-0.05, 0) is 17.7 Å². The molecule has 144 valence electrons. The monoisotopic (exact) mass is 401 g/mol. The first kappa shape index (κ1) is 19.3. The Morgan fingerprint density at radius 2 is 1.93 bits per heavy atom. The molecule has 0 aliphatic rings. The standard InChI is InChI=1S/C18H16ClN5O4/c19-14-5-2-1-4-12(14)11-23-17(27)13(10-21-18(23)28)16(26)20-8-9-24-15(25)6-3-7-22-24/h1-7,10H,8-9,11H2,(H,20,26)(H,21,28). The van der Waals surface area contributed by atoms with E-state index in [2.05, 4.69) is 15.4 Å². The molecule has 0 saturated heterocycles. The van der Waals surface area contributed by atoms with Crippen molar-refractivity contribution in [1.82, 2.24) is 24.6 Å². The van der Waals surface area contributed by atoms with Gasteiger partial charge in [-0.25, -0.2) is 9.48 Å². The zero-order valence-corrected chi connectivity index (χ0v) is 15.3. The fourth-order valence-corrected chi connectivity index (χ4v) is 2.74. The lowest BCUT2D eigenvalue weighted by Crippen LogP contribution is -2.41. The number of aromatic nitrogens is 4. The van der Waals surface area contributed by atoms with Crippen LogP contribution in [0.3, 0.4) is 0 Å². The summed E-state index contributed by atoms with van der Waals surface area (Å²) in [4.78, 5) is 51.0. The van der Waals surface area contributed by atoms with Crippen LogP contribution in [0.5, 0.6) is 0 Å². The van der Waals surface area contributed by atoms with Crippen LogP contribution in [0.2, 0.25) is 5.02 Å². The number of nitrogens with zero attached hydrogens (tertiary/aromatic N) is 3. The van der Waals surface area contributed by atoms with Crippen LogP contribution in [0.4, 0.5) is 0 Å². The molecule has 9 nitrogen and oxygen atoms in total. The highest BCUT2D eigenvalue weighted by atomic mass is 35.5. The summed E-state index contributed by atoms with van der Waals surface area (Å²) in [7, 11) is 0. The Balaban J connectivity index is 1.77. The highest BCUT2D eigenvalue weighted by Crippen LogP contribution is 2.14. The lowest BCUT2D eigenvalue weighted by molar-refractivity contribution is 0.0949. The lowest BCUT2D eigenvalue weighted by atomic mass is 10.2. The van der Waals surface area contributed by atoms with E-state index in [0.717, 1.165) is 10.8 Å². The Bertz CT molecular complexity index is 1180. The second kappa shape index (κ2) is 8.49. The molecule has 2 aromatic heterocycles. The van der Waals surface area contributed by atoms with Crippen molar-refractivity contribution in [1.29, 1.82) is 0 Å². The van der Waals surface area contributed by atoms with Crippen LogP contribution in [0.1, 0.15) is 15.9 Å². The summed E-state index contributed by atoms with van der Waals surface area (Å²) < 4.78 is 2.09. The summed E-state index contributed by atoms with van der Waals surface area (Å²) in [5, 5.41) is 6.82. The van der Waals surface area contributed by atoms with Crippen molar-refractivity contribution in [3.8, 4) is 0 Å². The molecule has 1 aromatic carbocycles. The maximum absolute atomic E-state index is 12.6. The molecule has 0 saturated carbocycles. The zero-order chi connectivity index (χ0) is 20.1. The minimum atomic E-state index is -0.740. The van der Waals surface area contributed by atoms with Gasteiger partial charge in [0, 0.05) is 30.0 Å². The Kier molecular flexibility index (Phi) is 5.85. The molecule has 2 heterocycles. The fraction of sp³-hybridized carbons (Fsp3) is 0.167. The van der Waals surface area contributed by atoms with E-state index in [1.54, 1.807) is 24.3 Å². The number of hydrogen-bond donors (Lipinski definition) is 2. The Morgan fingerprint density at radius 1 is 1.14 bits per heavy atom. The number of carbonyl (C=O) groups is 1. The third kappa shape index (κ3) is 4.26. The first-order valence-corrected chi connectivity index (χ1v) is 8.71. The molecule has 0 bridgehead atoms. The molecule has 0 fully saturated rings. The van der Waals surface area contributed by atoms with Gasteiger partial charge in [0.05, 0.1) is 13.1 Å². The first-order chi connectivity index (χ1) is 13.5. The predicted octanol–water partition coefficient (Wildman–Crippen LogP) is 0.225. The smallest absolute Gasteiger partial charge is 0.328 e. The number of carbonyl (C=O) groups excluding carboxylic acids is 1. The van der Waals surface area contributed by atoms with Crippen molar-refractivity contribution in [2.45, 2.75) is 13.1 Å². The molecule has 0 spiro atoms. The summed E-state index contributed by atoms with van der Waals surface area (Å²) in [6.45, 7) is 0.152. The van der Waals surface area contributed by atoms with E-state index in [0.29, 0.717) is 10.6 Å². The van der Waals surface area contributed by atoms with Crippen LogP contribution < -0.4 is 22.1 Å². The maximum atomic E-state index is 12.6. The normalized spacial score (nSPS) is 10.6. The van der Waals surface area contributed by atoms with Crippen molar-refractivity contribution in [3.05, 3.63) is 96.1 Å². The molecule has 2 N–H and O–H groups in total. The molecular weight excluding hydrogens is 386 g/mol. The van der Waals surface area contributed by atoms with Gasteiger partial charge in [0.2, 0.25) is 0 Å². The van der Waals surface area contributed by atoms with Gasteiger partial charge >= 0.3 is 5.69 Å².